The number of carbonyl (C=O) groups excluding carboxylic acids is 1. The molecule has 0 aliphatic heterocycles. The fourth-order valence-electron chi connectivity index (χ4n) is 0.523. The highest BCUT2D eigenvalue weighted by Crippen LogP contribution is 2.19. The summed E-state index contributed by atoms with van der Waals surface area (Å²) in [6.07, 6.45) is 2.09. The molecule has 13 heavy (non-hydrogen) atoms. The molecule has 0 aromatic rings. The van der Waals surface area contributed by atoms with E-state index < -0.39 is 4.92 Å². The van der Waals surface area contributed by atoms with E-state index in [1.807, 2.05) is 0 Å². The SMILES string of the molecule is O=CNCCCSC(Cl)=C[N+](=O)[O-]. The van der Waals surface area contributed by atoms with Gasteiger partial charge in [-0.25, -0.2) is 0 Å². The van der Waals surface area contributed by atoms with Crippen LogP contribution >= 0.6 is 23.4 Å². The Morgan fingerprint density at radius 2 is 2.38 bits per heavy atom. The van der Waals surface area contributed by atoms with E-state index in [0.717, 1.165) is 12.6 Å². The summed E-state index contributed by atoms with van der Waals surface area (Å²) in [6.45, 7) is 0.555. The van der Waals surface area contributed by atoms with E-state index in [2.05, 4.69) is 5.32 Å². The van der Waals surface area contributed by atoms with E-state index in [9.17, 15) is 14.9 Å². The first-order chi connectivity index (χ1) is 6.16. The summed E-state index contributed by atoms with van der Waals surface area (Å²) in [5.41, 5.74) is 0. The van der Waals surface area contributed by atoms with Crippen LogP contribution < -0.4 is 5.32 Å². The number of rotatable bonds is 7. The Morgan fingerprint density at radius 1 is 1.69 bits per heavy atom. The summed E-state index contributed by atoms with van der Waals surface area (Å²) in [7, 11) is 0. The van der Waals surface area contributed by atoms with Crippen LogP contribution in [-0.2, 0) is 4.79 Å². The average Bonchev–Trinajstić information content (AvgIpc) is 2.02. The van der Waals surface area contributed by atoms with Gasteiger partial charge in [0.15, 0.2) is 0 Å². The number of nitrogens with one attached hydrogen (secondary N) is 1. The van der Waals surface area contributed by atoms with Gasteiger partial charge in [-0.05, 0) is 6.42 Å². The minimum atomic E-state index is -0.598. The zero-order chi connectivity index (χ0) is 10.1. The lowest BCUT2D eigenvalue weighted by Gasteiger charge is -1.97. The van der Waals surface area contributed by atoms with Crippen molar-refractivity contribution in [1.29, 1.82) is 0 Å². The van der Waals surface area contributed by atoms with Crippen LogP contribution in [0.2, 0.25) is 0 Å². The first-order valence-corrected chi connectivity index (χ1v) is 4.84. The maximum absolute atomic E-state index is 9.92. The summed E-state index contributed by atoms with van der Waals surface area (Å²) in [5, 5.41) is 12.4. The Bertz CT molecular complexity index is 210. The van der Waals surface area contributed by atoms with E-state index >= 15 is 0 Å². The zero-order valence-electron chi connectivity index (χ0n) is 6.73. The van der Waals surface area contributed by atoms with Crippen LogP contribution in [-0.4, -0.2) is 23.6 Å². The molecule has 74 valence electrons. The van der Waals surface area contributed by atoms with Crippen LogP contribution in [0.15, 0.2) is 10.6 Å². The molecule has 0 fully saturated rings. The molecule has 0 heterocycles. The van der Waals surface area contributed by atoms with Crippen molar-refractivity contribution >= 4 is 29.8 Å². The topological polar surface area (TPSA) is 72.2 Å². The van der Waals surface area contributed by atoms with Gasteiger partial charge in [-0.1, -0.05) is 11.6 Å². The average molecular weight is 225 g/mol. The van der Waals surface area contributed by atoms with Gasteiger partial charge in [0, 0.05) is 12.3 Å². The molecule has 0 aromatic heterocycles. The molecular weight excluding hydrogens is 216 g/mol. The Hall–Kier alpha value is -0.750. The number of nitro groups is 1. The van der Waals surface area contributed by atoms with Crippen LogP contribution in [0.3, 0.4) is 0 Å². The van der Waals surface area contributed by atoms with Crippen molar-refractivity contribution in [2.75, 3.05) is 12.3 Å². The molecule has 0 rings (SSSR count). The smallest absolute Gasteiger partial charge is 0.259 e. The van der Waals surface area contributed by atoms with Crippen molar-refractivity contribution in [1.82, 2.24) is 5.32 Å². The van der Waals surface area contributed by atoms with Crippen molar-refractivity contribution in [2.24, 2.45) is 0 Å². The van der Waals surface area contributed by atoms with Crippen LogP contribution in [0.4, 0.5) is 0 Å². The standard InChI is InChI=1S/C6H9ClN2O3S/c7-6(4-9(11)12)13-3-1-2-8-5-10/h4-5H,1-3H2,(H,8,10). The molecule has 0 spiro atoms. The highest BCUT2D eigenvalue weighted by Gasteiger charge is 1.98. The molecular formula is C6H9ClN2O3S. The molecule has 0 radical (unpaired) electrons. The van der Waals surface area contributed by atoms with Crippen molar-refractivity contribution in [3.8, 4) is 0 Å². The van der Waals surface area contributed by atoms with Gasteiger partial charge in [0.2, 0.25) is 6.41 Å². The second-order valence-electron chi connectivity index (χ2n) is 1.99. The number of hydrogen-bond donors (Lipinski definition) is 1. The number of carbonyl (C=O) groups is 1. The number of amides is 1. The monoisotopic (exact) mass is 224 g/mol. The minimum absolute atomic E-state index is 0.149. The maximum atomic E-state index is 9.92. The third-order valence-corrected chi connectivity index (χ3v) is 2.29. The Labute approximate surface area is 84.7 Å². The van der Waals surface area contributed by atoms with Gasteiger partial charge >= 0.3 is 0 Å². The predicted molar refractivity (Wildman–Crippen MR) is 52.1 cm³/mol. The van der Waals surface area contributed by atoms with Gasteiger partial charge in [-0.3, -0.25) is 14.9 Å². The molecule has 1 N–H and O–H groups in total. The van der Waals surface area contributed by atoms with E-state index in [1.165, 1.54) is 11.8 Å². The normalized spacial score (nSPS) is 11.0. The molecule has 0 atom stereocenters. The number of nitrogens with zero attached hydrogens (tertiary/aromatic N) is 1. The molecule has 5 nitrogen and oxygen atoms in total. The molecule has 0 aliphatic rings. The molecule has 0 aromatic carbocycles. The minimum Gasteiger partial charge on any atom is -0.359 e. The largest absolute Gasteiger partial charge is 0.359 e. The lowest BCUT2D eigenvalue weighted by atomic mass is 10.5. The fourth-order valence-corrected chi connectivity index (χ4v) is 1.48. The van der Waals surface area contributed by atoms with E-state index in [4.69, 9.17) is 11.6 Å². The maximum Gasteiger partial charge on any atom is 0.259 e. The van der Waals surface area contributed by atoms with E-state index in [1.54, 1.807) is 0 Å². The predicted octanol–water partition coefficient (Wildman–Crippen LogP) is 1.17. The fraction of sp³-hybridized carbons (Fsp3) is 0.500. The van der Waals surface area contributed by atoms with Gasteiger partial charge in [-0.15, -0.1) is 11.8 Å². The summed E-state index contributed by atoms with van der Waals surface area (Å²) in [4.78, 5) is 19.1. The van der Waals surface area contributed by atoms with Crippen molar-refractivity contribution in [3.05, 3.63) is 20.7 Å². The Morgan fingerprint density at radius 3 is 2.92 bits per heavy atom. The third-order valence-electron chi connectivity index (χ3n) is 0.996. The molecule has 0 bridgehead atoms. The van der Waals surface area contributed by atoms with Crippen LogP contribution in [0.1, 0.15) is 6.42 Å². The number of thioether (sulfide) groups is 1. The molecule has 7 heteroatoms. The van der Waals surface area contributed by atoms with Gasteiger partial charge in [-0.2, -0.15) is 0 Å². The summed E-state index contributed by atoms with van der Waals surface area (Å²) in [6, 6.07) is 0. The molecule has 1 amide bonds. The first-order valence-electron chi connectivity index (χ1n) is 3.47. The second-order valence-corrected chi connectivity index (χ2v) is 3.76. The quantitative estimate of drug-likeness (QED) is 0.305. The summed E-state index contributed by atoms with van der Waals surface area (Å²) < 4.78 is 0.149. The number of hydrogen-bond acceptors (Lipinski definition) is 4. The molecule has 0 aliphatic carbocycles. The van der Waals surface area contributed by atoms with Crippen molar-refractivity contribution in [3.63, 3.8) is 0 Å². The lowest BCUT2D eigenvalue weighted by Crippen LogP contribution is -2.12. The van der Waals surface area contributed by atoms with Gasteiger partial charge in [0.25, 0.3) is 6.20 Å². The third kappa shape index (κ3) is 9.16. The second kappa shape index (κ2) is 7.88. The van der Waals surface area contributed by atoms with Crippen LogP contribution in [0.25, 0.3) is 0 Å². The van der Waals surface area contributed by atoms with E-state index in [0.29, 0.717) is 18.7 Å². The summed E-state index contributed by atoms with van der Waals surface area (Å²) in [5.74, 6) is 0.643. The van der Waals surface area contributed by atoms with Crippen LogP contribution in [0, 0.1) is 10.1 Å². The van der Waals surface area contributed by atoms with E-state index in [-0.39, 0.29) is 4.36 Å². The Balaban J connectivity index is 3.42. The van der Waals surface area contributed by atoms with Crippen molar-refractivity contribution in [2.45, 2.75) is 6.42 Å². The zero-order valence-corrected chi connectivity index (χ0v) is 8.31. The highest BCUT2D eigenvalue weighted by molar-refractivity contribution is 8.04. The van der Waals surface area contributed by atoms with Crippen molar-refractivity contribution < 1.29 is 9.72 Å². The first kappa shape index (κ1) is 12.2. The van der Waals surface area contributed by atoms with Crippen LogP contribution in [0.5, 0.6) is 0 Å². The van der Waals surface area contributed by atoms with Gasteiger partial charge in [0.05, 0.1) is 4.92 Å². The summed E-state index contributed by atoms with van der Waals surface area (Å²) >= 11 is 6.67. The van der Waals surface area contributed by atoms with Gasteiger partial charge in [0.1, 0.15) is 4.36 Å². The molecule has 0 unspecified atom stereocenters. The molecule has 0 saturated carbocycles. The highest BCUT2D eigenvalue weighted by atomic mass is 35.5. The lowest BCUT2D eigenvalue weighted by molar-refractivity contribution is -0.402. The van der Waals surface area contributed by atoms with Gasteiger partial charge < -0.3 is 5.32 Å². The Kier molecular flexibility index (Phi) is 7.42. The molecule has 0 saturated heterocycles. The number of halogens is 1.